The third-order valence-corrected chi connectivity index (χ3v) is 11.7. The number of nitriles is 1. The molecule has 0 spiro atoms. The molecule has 0 unspecified atom stereocenters. The van der Waals surface area contributed by atoms with Crippen LogP contribution in [0, 0.1) is 11.3 Å². The summed E-state index contributed by atoms with van der Waals surface area (Å²) in [5.74, 6) is 0. The molecule has 0 atom stereocenters. The fourth-order valence-corrected chi connectivity index (χ4v) is 8.28. The Bertz CT molecular complexity index is 2590. The molecule has 4 nitrogen and oxygen atoms in total. The van der Waals surface area contributed by atoms with Gasteiger partial charge in [-0.1, -0.05) is 126 Å². The van der Waals surface area contributed by atoms with E-state index >= 15 is 0 Å². The largest absolute Gasteiger partial charge is 0.307 e. The molecule has 0 bridgehead atoms. The first-order valence-electron chi connectivity index (χ1n) is 19.9. The van der Waals surface area contributed by atoms with Gasteiger partial charge in [0.2, 0.25) is 0 Å². The van der Waals surface area contributed by atoms with Crippen molar-refractivity contribution >= 4 is 43.6 Å². The number of fused-ring (bicyclic) bond motifs is 6. The molecule has 3 aromatic heterocycles. The maximum atomic E-state index is 10.7. The van der Waals surface area contributed by atoms with E-state index in [2.05, 4.69) is 177 Å². The lowest BCUT2D eigenvalue weighted by Crippen LogP contribution is -2.11. The van der Waals surface area contributed by atoms with E-state index < -0.39 is 0 Å². The van der Waals surface area contributed by atoms with Crippen molar-refractivity contribution in [1.29, 1.82) is 5.26 Å². The van der Waals surface area contributed by atoms with E-state index in [0.29, 0.717) is 5.56 Å². The molecule has 0 saturated heterocycles. The molecular weight excluding hydrogens is 681 g/mol. The Morgan fingerprint density at radius 1 is 0.446 bits per heavy atom. The minimum Gasteiger partial charge on any atom is -0.307 e. The molecule has 282 valence electrons. The van der Waals surface area contributed by atoms with Gasteiger partial charge in [-0.05, 0) is 98.5 Å². The third kappa shape index (κ3) is 6.09. The zero-order chi connectivity index (χ0) is 40.1. The topological polar surface area (TPSA) is 46.5 Å². The molecule has 3 heterocycles. The average Bonchev–Trinajstić information content (AvgIpc) is 3.64. The van der Waals surface area contributed by atoms with Crippen molar-refractivity contribution in [3.8, 4) is 28.6 Å². The normalized spacial score (nSPS) is 13.0. The fraction of sp³-hybridized carbons (Fsp3) is 0.308. The first-order chi connectivity index (χ1) is 26.3. The first-order valence-corrected chi connectivity index (χ1v) is 19.9. The molecule has 0 saturated carbocycles. The van der Waals surface area contributed by atoms with Gasteiger partial charge in [0.05, 0.1) is 57.5 Å². The SMILES string of the molecule is CC(C)(C)c1ccc2c(c1)c1cc(C(C)(C)C)ccc1n2-c1cncc(-n2c3ccc(C(C)(C)C)cc3c3cc(C(C)(C)C)ccc32)c1-c1ccccc1C#N. The van der Waals surface area contributed by atoms with Gasteiger partial charge in [-0.25, -0.2) is 0 Å². The lowest BCUT2D eigenvalue weighted by molar-refractivity contribution is 0.590. The molecule has 4 heteroatoms. The summed E-state index contributed by atoms with van der Waals surface area (Å²) in [5, 5.41) is 15.5. The predicted octanol–water partition coefficient (Wildman–Crippen LogP) is 14.0. The number of rotatable bonds is 3. The molecule has 8 rings (SSSR count). The van der Waals surface area contributed by atoms with Crippen LogP contribution in [0.1, 0.15) is 111 Å². The fourth-order valence-electron chi connectivity index (χ4n) is 8.28. The van der Waals surface area contributed by atoms with Gasteiger partial charge in [0.15, 0.2) is 0 Å². The van der Waals surface area contributed by atoms with Crippen LogP contribution in [-0.2, 0) is 21.7 Å². The molecule has 0 amide bonds. The minimum absolute atomic E-state index is 0.0150. The summed E-state index contributed by atoms with van der Waals surface area (Å²) < 4.78 is 4.76. The Morgan fingerprint density at radius 2 is 0.768 bits per heavy atom. The lowest BCUT2D eigenvalue weighted by atomic mass is 9.85. The zero-order valence-corrected chi connectivity index (χ0v) is 35.2. The molecule has 56 heavy (non-hydrogen) atoms. The molecule has 0 aliphatic heterocycles. The third-order valence-electron chi connectivity index (χ3n) is 11.7. The van der Waals surface area contributed by atoms with E-state index in [0.717, 1.165) is 44.6 Å². The van der Waals surface area contributed by atoms with Gasteiger partial charge in [0, 0.05) is 32.7 Å². The Morgan fingerprint density at radius 3 is 1.07 bits per heavy atom. The van der Waals surface area contributed by atoms with Crippen LogP contribution in [0.4, 0.5) is 0 Å². The summed E-state index contributed by atoms with van der Waals surface area (Å²) in [4.78, 5) is 5.07. The van der Waals surface area contributed by atoms with Gasteiger partial charge in [-0.2, -0.15) is 5.26 Å². The smallest absolute Gasteiger partial charge is 0.0998 e. The van der Waals surface area contributed by atoms with Crippen molar-refractivity contribution in [3.63, 3.8) is 0 Å². The number of nitrogens with zero attached hydrogens (tertiary/aromatic N) is 4. The van der Waals surface area contributed by atoms with Crippen LogP contribution in [0.25, 0.3) is 66.1 Å². The average molecular weight is 735 g/mol. The minimum atomic E-state index is -0.0150. The van der Waals surface area contributed by atoms with Crippen LogP contribution >= 0.6 is 0 Å². The van der Waals surface area contributed by atoms with Crippen molar-refractivity contribution in [2.45, 2.75) is 105 Å². The number of hydrogen-bond donors (Lipinski definition) is 0. The monoisotopic (exact) mass is 734 g/mol. The van der Waals surface area contributed by atoms with E-state index in [1.54, 1.807) is 0 Å². The van der Waals surface area contributed by atoms with Crippen molar-refractivity contribution in [1.82, 2.24) is 14.1 Å². The van der Waals surface area contributed by atoms with Crippen molar-refractivity contribution in [2.75, 3.05) is 0 Å². The number of benzene rings is 5. The van der Waals surface area contributed by atoms with Crippen LogP contribution in [0.15, 0.2) is 109 Å². The molecule has 0 radical (unpaired) electrons. The van der Waals surface area contributed by atoms with Crippen molar-refractivity contribution in [2.24, 2.45) is 0 Å². The van der Waals surface area contributed by atoms with Crippen LogP contribution < -0.4 is 0 Å². The van der Waals surface area contributed by atoms with Gasteiger partial charge < -0.3 is 9.13 Å². The number of hydrogen-bond acceptors (Lipinski definition) is 2. The van der Waals surface area contributed by atoms with E-state index in [4.69, 9.17) is 4.98 Å². The van der Waals surface area contributed by atoms with Crippen LogP contribution in [0.5, 0.6) is 0 Å². The maximum Gasteiger partial charge on any atom is 0.0998 e. The van der Waals surface area contributed by atoms with Gasteiger partial charge >= 0.3 is 0 Å². The molecule has 0 fully saturated rings. The summed E-state index contributed by atoms with van der Waals surface area (Å²) in [5.41, 5.74) is 13.9. The maximum absolute atomic E-state index is 10.7. The quantitative estimate of drug-likeness (QED) is 0.181. The highest BCUT2D eigenvalue weighted by molar-refractivity contribution is 6.12. The molecular formula is C52H54N4. The standard InChI is InChI=1S/C52H54N4/c1-49(2,3)33-17-21-42-38(25-33)39-26-34(50(4,5)6)18-22-43(39)55(42)46-30-54-31-47(48(46)37-16-14-13-15-32(37)29-53)56-44-23-19-35(51(7,8)9)27-40(44)41-28-36(52(10,11)12)20-24-45(41)56/h13-28,30-31H,1-12H3. The summed E-state index contributed by atoms with van der Waals surface area (Å²) in [6, 6.07) is 38.3. The van der Waals surface area contributed by atoms with Gasteiger partial charge in [-0.3, -0.25) is 4.98 Å². The van der Waals surface area contributed by atoms with Crippen LogP contribution in [0.3, 0.4) is 0 Å². The molecule has 0 N–H and O–H groups in total. The molecule has 0 aliphatic rings. The van der Waals surface area contributed by atoms with Crippen molar-refractivity contribution in [3.05, 3.63) is 137 Å². The highest BCUT2D eigenvalue weighted by Crippen LogP contribution is 2.45. The highest BCUT2D eigenvalue weighted by atomic mass is 15.0. The van der Waals surface area contributed by atoms with Crippen LogP contribution in [0.2, 0.25) is 0 Å². The molecule has 0 aliphatic carbocycles. The summed E-state index contributed by atoms with van der Waals surface area (Å²) in [6.07, 6.45) is 3.98. The highest BCUT2D eigenvalue weighted by Gasteiger charge is 2.27. The Labute approximate surface area is 332 Å². The predicted molar refractivity (Wildman–Crippen MR) is 238 cm³/mol. The van der Waals surface area contributed by atoms with E-state index in [-0.39, 0.29) is 21.7 Å². The Hall–Kier alpha value is -5.66. The second-order valence-corrected chi connectivity index (χ2v) is 19.8. The van der Waals surface area contributed by atoms with Gasteiger partial charge in [0.25, 0.3) is 0 Å². The number of aromatic nitrogens is 3. The van der Waals surface area contributed by atoms with Gasteiger partial charge in [0.1, 0.15) is 0 Å². The Balaban J connectivity index is 1.55. The van der Waals surface area contributed by atoms with E-state index in [1.807, 2.05) is 30.6 Å². The molecule has 5 aromatic carbocycles. The lowest BCUT2D eigenvalue weighted by Gasteiger charge is -2.22. The molecule has 8 aromatic rings. The van der Waals surface area contributed by atoms with Gasteiger partial charge in [-0.15, -0.1) is 0 Å². The summed E-state index contributed by atoms with van der Waals surface area (Å²) in [6.45, 7) is 27.3. The first kappa shape index (κ1) is 37.3. The second kappa shape index (κ2) is 12.7. The Kier molecular flexibility index (Phi) is 8.44. The summed E-state index contributed by atoms with van der Waals surface area (Å²) >= 11 is 0. The van der Waals surface area contributed by atoms with Crippen LogP contribution in [-0.4, -0.2) is 14.1 Å². The van der Waals surface area contributed by atoms with Crippen molar-refractivity contribution < 1.29 is 0 Å². The van der Waals surface area contributed by atoms with E-state index in [9.17, 15) is 5.26 Å². The van der Waals surface area contributed by atoms with E-state index in [1.165, 1.54) is 43.8 Å². The number of pyridine rings is 1. The zero-order valence-electron chi connectivity index (χ0n) is 35.2. The summed E-state index contributed by atoms with van der Waals surface area (Å²) in [7, 11) is 0. The second-order valence-electron chi connectivity index (χ2n) is 19.8.